The van der Waals surface area contributed by atoms with Crippen LogP contribution in [0.3, 0.4) is 0 Å². The van der Waals surface area contributed by atoms with Crippen LogP contribution >= 0.6 is 23.4 Å². The number of hydrogen-bond donors (Lipinski definition) is 1. The van der Waals surface area contributed by atoms with E-state index in [0.717, 1.165) is 13.1 Å². The highest BCUT2D eigenvalue weighted by Crippen LogP contribution is 2.27. The number of carbonyl (C=O) groups is 1. The SMILES string of the molecule is CC1CN(C(=O)c2cc(Cl)ccc2N)CC(C)S1. The van der Waals surface area contributed by atoms with Crippen LogP contribution in [0, 0.1) is 0 Å². The molecule has 2 unspecified atom stereocenters. The summed E-state index contributed by atoms with van der Waals surface area (Å²) in [5, 5.41) is 1.45. The number of thioether (sulfide) groups is 1. The van der Waals surface area contributed by atoms with Crippen LogP contribution in [-0.2, 0) is 0 Å². The van der Waals surface area contributed by atoms with Gasteiger partial charge in [-0.05, 0) is 18.2 Å². The zero-order valence-corrected chi connectivity index (χ0v) is 12.1. The molecular formula is C13H17ClN2OS. The van der Waals surface area contributed by atoms with Gasteiger partial charge in [0.05, 0.1) is 5.56 Å². The maximum atomic E-state index is 12.4. The van der Waals surface area contributed by atoms with E-state index in [-0.39, 0.29) is 5.91 Å². The molecule has 18 heavy (non-hydrogen) atoms. The summed E-state index contributed by atoms with van der Waals surface area (Å²) in [4.78, 5) is 14.3. The molecule has 2 atom stereocenters. The zero-order valence-electron chi connectivity index (χ0n) is 10.5. The van der Waals surface area contributed by atoms with Gasteiger partial charge in [0.25, 0.3) is 5.91 Å². The molecule has 1 aliphatic heterocycles. The molecule has 1 amide bonds. The van der Waals surface area contributed by atoms with E-state index in [0.29, 0.717) is 26.8 Å². The van der Waals surface area contributed by atoms with Crippen molar-refractivity contribution in [1.29, 1.82) is 0 Å². The number of anilines is 1. The summed E-state index contributed by atoms with van der Waals surface area (Å²) in [6, 6.07) is 5.03. The molecule has 1 aliphatic rings. The van der Waals surface area contributed by atoms with Crippen molar-refractivity contribution in [3.05, 3.63) is 28.8 Å². The van der Waals surface area contributed by atoms with E-state index in [2.05, 4.69) is 13.8 Å². The van der Waals surface area contributed by atoms with E-state index >= 15 is 0 Å². The molecule has 1 fully saturated rings. The van der Waals surface area contributed by atoms with Crippen molar-refractivity contribution in [3.63, 3.8) is 0 Å². The van der Waals surface area contributed by atoms with Crippen molar-refractivity contribution in [2.45, 2.75) is 24.3 Å². The standard InChI is InChI=1S/C13H17ClN2OS/c1-8-6-16(7-9(2)18-8)13(17)11-5-10(14)3-4-12(11)15/h3-5,8-9H,6-7,15H2,1-2H3. The van der Waals surface area contributed by atoms with Crippen molar-refractivity contribution in [1.82, 2.24) is 4.90 Å². The predicted octanol–water partition coefficient (Wildman–Crippen LogP) is 2.89. The van der Waals surface area contributed by atoms with Gasteiger partial charge in [0.1, 0.15) is 0 Å². The first-order chi connectivity index (χ1) is 8.47. The van der Waals surface area contributed by atoms with Crippen molar-refractivity contribution < 1.29 is 4.79 Å². The first-order valence-corrected chi connectivity index (χ1v) is 7.29. The Bertz CT molecular complexity index is 456. The second kappa shape index (κ2) is 5.41. The van der Waals surface area contributed by atoms with E-state index in [4.69, 9.17) is 17.3 Å². The minimum atomic E-state index is -0.0194. The Labute approximate surface area is 117 Å². The van der Waals surface area contributed by atoms with Crippen molar-refractivity contribution in [2.75, 3.05) is 18.8 Å². The number of halogens is 1. The average Bonchev–Trinajstić information content (AvgIpc) is 2.30. The maximum Gasteiger partial charge on any atom is 0.256 e. The molecule has 0 bridgehead atoms. The molecule has 0 radical (unpaired) electrons. The maximum absolute atomic E-state index is 12.4. The molecule has 1 saturated heterocycles. The molecule has 3 nitrogen and oxygen atoms in total. The van der Waals surface area contributed by atoms with Gasteiger partial charge in [-0.15, -0.1) is 0 Å². The number of carbonyl (C=O) groups excluding carboxylic acids is 1. The summed E-state index contributed by atoms with van der Waals surface area (Å²) >= 11 is 7.84. The first kappa shape index (κ1) is 13.6. The van der Waals surface area contributed by atoms with E-state index in [1.165, 1.54) is 0 Å². The van der Waals surface area contributed by atoms with Crippen LogP contribution in [0.15, 0.2) is 18.2 Å². The molecule has 0 aromatic heterocycles. The number of hydrogen-bond acceptors (Lipinski definition) is 3. The lowest BCUT2D eigenvalue weighted by atomic mass is 10.1. The largest absolute Gasteiger partial charge is 0.398 e. The molecule has 2 rings (SSSR count). The smallest absolute Gasteiger partial charge is 0.256 e. The number of benzene rings is 1. The van der Waals surface area contributed by atoms with Gasteiger partial charge in [0.2, 0.25) is 0 Å². The van der Waals surface area contributed by atoms with Gasteiger partial charge in [0, 0.05) is 34.3 Å². The highest BCUT2D eigenvalue weighted by atomic mass is 35.5. The molecular weight excluding hydrogens is 268 g/mol. The first-order valence-electron chi connectivity index (χ1n) is 5.97. The molecule has 0 spiro atoms. The van der Waals surface area contributed by atoms with Gasteiger partial charge in [-0.2, -0.15) is 11.8 Å². The van der Waals surface area contributed by atoms with E-state index in [1.54, 1.807) is 18.2 Å². The molecule has 0 aliphatic carbocycles. The van der Waals surface area contributed by atoms with E-state index < -0.39 is 0 Å². The van der Waals surface area contributed by atoms with Crippen LogP contribution in [0.1, 0.15) is 24.2 Å². The summed E-state index contributed by atoms with van der Waals surface area (Å²) in [5.74, 6) is -0.0194. The van der Waals surface area contributed by atoms with Crippen molar-refractivity contribution >= 4 is 35.0 Å². The fraction of sp³-hybridized carbons (Fsp3) is 0.462. The van der Waals surface area contributed by atoms with Crippen LogP contribution in [0.25, 0.3) is 0 Å². The van der Waals surface area contributed by atoms with Crippen molar-refractivity contribution in [3.8, 4) is 0 Å². The fourth-order valence-electron chi connectivity index (χ4n) is 2.23. The third-order valence-corrected chi connectivity index (χ3v) is 4.42. The third kappa shape index (κ3) is 2.93. The summed E-state index contributed by atoms with van der Waals surface area (Å²) in [6.45, 7) is 5.81. The lowest BCUT2D eigenvalue weighted by molar-refractivity contribution is 0.0754. The normalized spacial score (nSPS) is 24.1. The monoisotopic (exact) mass is 284 g/mol. The summed E-state index contributed by atoms with van der Waals surface area (Å²) < 4.78 is 0. The Morgan fingerprint density at radius 3 is 2.61 bits per heavy atom. The van der Waals surface area contributed by atoms with Gasteiger partial charge in [-0.3, -0.25) is 4.79 Å². The molecule has 1 heterocycles. The summed E-state index contributed by atoms with van der Waals surface area (Å²) in [5.41, 5.74) is 6.85. The number of nitrogens with zero attached hydrogens (tertiary/aromatic N) is 1. The van der Waals surface area contributed by atoms with Crippen LogP contribution in [-0.4, -0.2) is 34.4 Å². The molecule has 98 valence electrons. The molecule has 5 heteroatoms. The zero-order chi connectivity index (χ0) is 13.3. The second-order valence-electron chi connectivity index (χ2n) is 4.70. The van der Waals surface area contributed by atoms with Crippen LogP contribution < -0.4 is 5.73 Å². The number of amides is 1. The van der Waals surface area contributed by atoms with Gasteiger partial charge in [-0.1, -0.05) is 25.4 Å². The molecule has 1 aromatic carbocycles. The minimum absolute atomic E-state index is 0.0194. The third-order valence-electron chi connectivity index (χ3n) is 2.95. The Balaban J connectivity index is 2.22. The lowest BCUT2D eigenvalue weighted by Gasteiger charge is -2.34. The predicted molar refractivity (Wildman–Crippen MR) is 78.3 cm³/mol. The van der Waals surface area contributed by atoms with Crippen LogP contribution in [0.2, 0.25) is 5.02 Å². The minimum Gasteiger partial charge on any atom is -0.398 e. The lowest BCUT2D eigenvalue weighted by Crippen LogP contribution is -2.44. The molecule has 0 saturated carbocycles. The highest BCUT2D eigenvalue weighted by Gasteiger charge is 2.27. The topological polar surface area (TPSA) is 46.3 Å². The highest BCUT2D eigenvalue weighted by molar-refractivity contribution is 8.00. The Morgan fingerprint density at radius 2 is 2.00 bits per heavy atom. The fourth-order valence-corrected chi connectivity index (χ4v) is 3.73. The number of nitrogen functional groups attached to an aromatic ring is 1. The molecule has 1 aromatic rings. The van der Waals surface area contributed by atoms with Gasteiger partial charge in [-0.25, -0.2) is 0 Å². The second-order valence-corrected chi connectivity index (χ2v) is 7.02. The van der Waals surface area contributed by atoms with Gasteiger partial charge < -0.3 is 10.6 Å². The van der Waals surface area contributed by atoms with E-state index in [1.807, 2.05) is 16.7 Å². The van der Waals surface area contributed by atoms with Gasteiger partial charge in [0.15, 0.2) is 0 Å². The summed E-state index contributed by atoms with van der Waals surface area (Å²) in [7, 11) is 0. The Kier molecular flexibility index (Phi) is 4.07. The number of rotatable bonds is 1. The van der Waals surface area contributed by atoms with Crippen molar-refractivity contribution in [2.24, 2.45) is 0 Å². The van der Waals surface area contributed by atoms with Gasteiger partial charge >= 0.3 is 0 Å². The Morgan fingerprint density at radius 1 is 1.39 bits per heavy atom. The number of nitrogens with two attached hydrogens (primary N) is 1. The summed E-state index contributed by atoms with van der Waals surface area (Å²) in [6.07, 6.45) is 0. The average molecular weight is 285 g/mol. The van der Waals surface area contributed by atoms with Crippen LogP contribution in [0.5, 0.6) is 0 Å². The van der Waals surface area contributed by atoms with E-state index in [9.17, 15) is 4.79 Å². The Hall–Kier alpha value is -0.870. The quantitative estimate of drug-likeness (QED) is 0.807. The van der Waals surface area contributed by atoms with Crippen LogP contribution in [0.4, 0.5) is 5.69 Å². The molecule has 2 N–H and O–H groups in total.